The van der Waals surface area contributed by atoms with Gasteiger partial charge in [-0.25, -0.2) is 0 Å². The lowest BCUT2D eigenvalue weighted by atomic mass is 9.81. The normalized spacial score (nSPS) is 16.0. The topological polar surface area (TPSA) is 21.6 Å². The highest BCUT2D eigenvalue weighted by Gasteiger charge is 2.24. The van der Waals surface area contributed by atoms with Gasteiger partial charge in [-0.15, -0.1) is 0 Å². The SMILES string of the molecule is COc1cccc(C2=CCCN=C2C(C)(C)C)c1. The van der Waals surface area contributed by atoms with Crippen molar-refractivity contribution < 1.29 is 4.74 Å². The number of dihydropyridines is 1. The van der Waals surface area contributed by atoms with E-state index in [-0.39, 0.29) is 5.41 Å². The van der Waals surface area contributed by atoms with Gasteiger partial charge in [0.2, 0.25) is 0 Å². The number of rotatable bonds is 2. The lowest BCUT2D eigenvalue weighted by Gasteiger charge is -2.27. The van der Waals surface area contributed by atoms with Gasteiger partial charge in [-0.2, -0.15) is 0 Å². The molecule has 0 amide bonds. The van der Waals surface area contributed by atoms with Crippen molar-refractivity contribution in [3.8, 4) is 5.75 Å². The number of methoxy groups -OCH3 is 1. The third kappa shape index (κ3) is 2.63. The Hall–Kier alpha value is -1.57. The second-order valence-corrected chi connectivity index (χ2v) is 5.62. The van der Waals surface area contributed by atoms with Gasteiger partial charge in [-0.05, 0) is 29.7 Å². The molecule has 1 aromatic carbocycles. The highest BCUT2D eigenvalue weighted by atomic mass is 16.5. The van der Waals surface area contributed by atoms with Crippen molar-refractivity contribution in [1.82, 2.24) is 0 Å². The van der Waals surface area contributed by atoms with E-state index in [0.29, 0.717) is 0 Å². The molecule has 0 radical (unpaired) electrons. The summed E-state index contributed by atoms with van der Waals surface area (Å²) in [5.41, 5.74) is 3.73. The van der Waals surface area contributed by atoms with Gasteiger partial charge in [0.05, 0.1) is 7.11 Å². The zero-order valence-corrected chi connectivity index (χ0v) is 11.7. The van der Waals surface area contributed by atoms with Gasteiger partial charge in [0.15, 0.2) is 0 Å². The second kappa shape index (κ2) is 4.97. The molecule has 1 aliphatic heterocycles. The molecule has 18 heavy (non-hydrogen) atoms. The average molecular weight is 243 g/mol. The van der Waals surface area contributed by atoms with Crippen molar-refractivity contribution in [2.24, 2.45) is 10.4 Å². The van der Waals surface area contributed by atoms with Crippen molar-refractivity contribution in [1.29, 1.82) is 0 Å². The number of ether oxygens (including phenoxy) is 1. The number of aliphatic imine (C=N–C) groups is 1. The molecule has 1 aliphatic rings. The molecular formula is C16H21NO. The number of hydrogen-bond donors (Lipinski definition) is 0. The maximum Gasteiger partial charge on any atom is 0.119 e. The minimum atomic E-state index is 0.0787. The van der Waals surface area contributed by atoms with Crippen LogP contribution in [0.1, 0.15) is 32.8 Å². The van der Waals surface area contributed by atoms with E-state index in [1.165, 1.54) is 16.8 Å². The summed E-state index contributed by atoms with van der Waals surface area (Å²) in [7, 11) is 1.70. The molecule has 2 nitrogen and oxygen atoms in total. The molecule has 2 rings (SSSR count). The number of hydrogen-bond acceptors (Lipinski definition) is 2. The van der Waals surface area contributed by atoms with Crippen LogP contribution < -0.4 is 4.74 Å². The Morgan fingerprint density at radius 2 is 2.00 bits per heavy atom. The molecule has 1 heterocycles. The lowest BCUT2D eigenvalue weighted by Crippen LogP contribution is -2.24. The lowest BCUT2D eigenvalue weighted by molar-refractivity contribution is 0.414. The second-order valence-electron chi connectivity index (χ2n) is 5.62. The maximum atomic E-state index is 5.30. The van der Waals surface area contributed by atoms with E-state index < -0.39 is 0 Å². The predicted octanol–water partition coefficient (Wildman–Crippen LogP) is 3.97. The van der Waals surface area contributed by atoms with E-state index in [4.69, 9.17) is 9.73 Å². The molecule has 0 unspecified atom stereocenters. The number of nitrogens with zero attached hydrogens (tertiary/aromatic N) is 1. The molecule has 0 bridgehead atoms. The number of allylic oxidation sites excluding steroid dienone is 1. The highest BCUT2D eigenvalue weighted by Crippen LogP contribution is 2.31. The van der Waals surface area contributed by atoms with Gasteiger partial charge in [0.1, 0.15) is 5.75 Å². The first-order valence-electron chi connectivity index (χ1n) is 6.42. The molecule has 0 saturated heterocycles. The summed E-state index contributed by atoms with van der Waals surface area (Å²) in [6, 6.07) is 8.21. The summed E-state index contributed by atoms with van der Waals surface area (Å²) in [6.45, 7) is 7.54. The van der Waals surface area contributed by atoms with Crippen LogP contribution in [0.5, 0.6) is 5.75 Å². The quantitative estimate of drug-likeness (QED) is 0.770. The Morgan fingerprint density at radius 1 is 1.22 bits per heavy atom. The first-order chi connectivity index (χ1) is 8.52. The summed E-state index contributed by atoms with van der Waals surface area (Å²) in [4.78, 5) is 4.72. The van der Waals surface area contributed by atoms with E-state index in [1.54, 1.807) is 7.11 Å². The van der Waals surface area contributed by atoms with Crippen molar-refractivity contribution in [3.05, 3.63) is 35.9 Å². The smallest absolute Gasteiger partial charge is 0.119 e. The fourth-order valence-corrected chi connectivity index (χ4v) is 2.25. The largest absolute Gasteiger partial charge is 0.497 e. The van der Waals surface area contributed by atoms with Crippen LogP contribution in [-0.4, -0.2) is 19.4 Å². The summed E-state index contributed by atoms with van der Waals surface area (Å²) in [6.07, 6.45) is 3.31. The van der Waals surface area contributed by atoms with Crippen molar-refractivity contribution >= 4 is 11.3 Å². The Morgan fingerprint density at radius 3 is 2.67 bits per heavy atom. The van der Waals surface area contributed by atoms with Crippen LogP contribution in [0.15, 0.2) is 35.3 Å². The monoisotopic (exact) mass is 243 g/mol. The summed E-state index contributed by atoms with van der Waals surface area (Å²) >= 11 is 0. The van der Waals surface area contributed by atoms with Crippen molar-refractivity contribution in [2.75, 3.05) is 13.7 Å². The molecule has 0 N–H and O–H groups in total. The Kier molecular flexibility index (Phi) is 3.55. The van der Waals surface area contributed by atoms with E-state index >= 15 is 0 Å². The molecule has 0 spiro atoms. The van der Waals surface area contributed by atoms with Crippen LogP contribution in [0.2, 0.25) is 0 Å². The fourth-order valence-electron chi connectivity index (χ4n) is 2.25. The molecular weight excluding hydrogens is 222 g/mol. The third-order valence-corrected chi connectivity index (χ3v) is 3.09. The minimum absolute atomic E-state index is 0.0787. The third-order valence-electron chi connectivity index (χ3n) is 3.09. The number of benzene rings is 1. The first kappa shape index (κ1) is 12.9. The maximum absolute atomic E-state index is 5.30. The molecule has 96 valence electrons. The standard InChI is InChI=1S/C16H21NO/c1-16(2,3)15-14(9-6-10-17-15)12-7-5-8-13(11-12)18-4/h5,7-9,11H,6,10H2,1-4H3. The highest BCUT2D eigenvalue weighted by molar-refractivity contribution is 6.26. The van der Waals surface area contributed by atoms with Gasteiger partial charge in [0, 0.05) is 17.7 Å². The molecule has 2 heteroatoms. The molecule has 0 aliphatic carbocycles. The van der Waals surface area contributed by atoms with E-state index in [2.05, 4.69) is 39.0 Å². The summed E-state index contributed by atoms with van der Waals surface area (Å²) in [5.74, 6) is 0.896. The zero-order valence-electron chi connectivity index (χ0n) is 11.7. The van der Waals surface area contributed by atoms with E-state index in [0.717, 1.165) is 18.7 Å². The molecule has 1 aromatic rings. The van der Waals surface area contributed by atoms with Gasteiger partial charge in [-0.1, -0.05) is 39.0 Å². The summed E-state index contributed by atoms with van der Waals surface area (Å²) < 4.78 is 5.30. The van der Waals surface area contributed by atoms with Crippen LogP contribution in [0.4, 0.5) is 0 Å². The van der Waals surface area contributed by atoms with Gasteiger partial charge >= 0.3 is 0 Å². The minimum Gasteiger partial charge on any atom is -0.497 e. The van der Waals surface area contributed by atoms with E-state index in [9.17, 15) is 0 Å². The van der Waals surface area contributed by atoms with Gasteiger partial charge < -0.3 is 4.74 Å². The molecule has 0 aromatic heterocycles. The van der Waals surface area contributed by atoms with Crippen LogP contribution in [-0.2, 0) is 0 Å². The van der Waals surface area contributed by atoms with Crippen molar-refractivity contribution in [3.63, 3.8) is 0 Å². The fraction of sp³-hybridized carbons (Fsp3) is 0.438. The predicted molar refractivity (Wildman–Crippen MR) is 77.3 cm³/mol. The Balaban J connectivity index is 2.42. The Labute approximate surface area is 109 Å². The van der Waals surface area contributed by atoms with Crippen LogP contribution in [0.25, 0.3) is 5.57 Å². The Bertz CT molecular complexity index is 492. The first-order valence-corrected chi connectivity index (χ1v) is 6.42. The van der Waals surface area contributed by atoms with Crippen LogP contribution in [0, 0.1) is 5.41 Å². The van der Waals surface area contributed by atoms with E-state index in [1.807, 2.05) is 12.1 Å². The van der Waals surface area contributed by atoms with Crippen LogP contribution in [0.3, 0.4) is 0 Å². The molecule has 0 fully saturated rings. The van der Waals surface area contributed by atoms with Gasteiger partial charge in [-0.3, -0.25) is 4.99 Å². The molecule has 0 saturated carbocycles. The van der Waals surface area contributed by atoms with Crippen molar-refractivity contribution in [2.45, 2.75) is 27.2 Å². The van der Waals surface area contributed by atoms with Crippen LogP contribution >= 0.6 is 0 Å². The van der Waals surface area contributed by atoms with Gasteiger partial charge in [0.25, 0.3) is 0 Å². The zero-order chi connectivity index (χ0) is 13.2. The average Bonchev–Trinajstić information content (AvgIpc) is 2.38. The molecule has 0 atom stereocenters. The summed E-state index contributed by atoms with van der Waals surface area (Å²) in [5, 5.41) is 0.